The van der Waals surface area contributed by atoms with Crippen LogP contribution in [0.4, 0.5) is 0 Å². The monoisotopic (exact) mass is 239 g/mol. The third-order valence-corrected chi connectivity index (χ3v) is 4.02. The maximum absolute atomic E-state index is 12.3. The lowest BCUT2D eigenvalue weighted by molar-refractivity contribution is 0.0627. The van der Waals surface area contributed by atoms with Crippen molar-refractivity contribution in [2.24, 2.45) is 5.73 Å². The lowest BCUT2D eigenvalue weighted by atomic mass is 10.0. The molecule has 0 bridgehead atoms. The average molecular weight is 239 g/mol. The molecule has 4 nitrogen and oxygen atoms in total. The lowest BCUT2D eigenvalue weighted by Crippen LogP contribution is -2.47. The summed E-state index contributed by atoms with van der Waals surface area (Å²) in [6.45, 7) is 3.27. The first kappa shape index (κ1) is 11.5. The largest absolute Gasteiger partial charge is 0.334 e. The number of piperidine rings is 1. The van der Waals surface area contributed by atoms with Crippen LogP contribution in [0, 0.1) is 6.92 Å². The van der Waals surface area contributed by atoms with Crippen molar-refractivity contribution in [3.05, 3.63) is 16.1 Å². The summed E-state index contributed by atoms with van der Waals surface area (Å²) in [4.78, 5) is 19.1. The Labute approximate surface area is 99.5 Å². The lowest BCUT2D eigenvalue weighted by Gasteiger charge is -2.34. The van der Waals surface area contributed by atoms with Crippen LogP contribution in [-0.4, -0.2) is 34.9 Å². The standard InChI is InChI=1S/C11H17N3OS/c1-8-10(16-7-13-8)11(15)14-5-3-2-4-9(14)6-12/h7,9H,2-6,12H2,1H3. The number of hydrogen-bond acceptors (Lipinski definition) is 4. The zero-order valence-electron chi connectivity index (χ0n) is 9.48. The Morgan fingerprint density at radius 3 is 3.12 bits per heavy atom. The summed E-state index contributed by atoms with van der Waals surface area (Å²) in [7, 11) is 0. The molecule has 2 heterocycles. The van der Waals surface area contributed by atoms with Crippen molar-refractivity contribution in [1.29, 1.82) is 0 Å². The van der Waals surface area contributed by atoms with Crippen molar-refractivity contribution < 1.29 is 4.79 Å². The van der Waals surface area contributed by atoms with Gasteiger partial charge in [0.1, 0.15) is 4.88 Å². The second-order valence-electron chi connectivity index (χ2n) is 4.15. The van der Waals surface area contributed by atoms with Gasteiger partial charge in [-0.3, -0.25) is 4.79 Å². The highest BCUT2D eigenvalue weighted by Crippen LogP contribution is 2.22. The van der Waals surface area contributed by atoms with E-state index in [0.717, 1.165) is 30.0 Å². The first-order valence-corrected chi connectivity index (χ1v) is 6.53. The summed E-state index contributed by atoms with van der Waals surface area (Å²) < 4.78 is 0. The van der Waals surface area contributed by atoms with Gasteiger partial charge in [-0.2, -0.15) is 0 Å². The van der Waals surface area contributed by atoms with Crippen LogP contribution >= 0.6 is 11.3 Å². The normalized spacial score (nSPS) is 21.1. The number of aryl methyl sites for hydroxylation is 1. The number of thiazole rings is 1. The molecule has 88 valence electrons. The Hall–Kier alpha value is -0.940. The predicted molar refractivity (Wildman–Crippen MR) is 64.6 cm³/mol. The molecule has 1 atom stereocenters. The zero-order valence-corrected chi connectivity index (χ0v) is 10.3. The van der Waals surface area contributed by atoms with E-state index in [2.05, 4.69) is 4.98 Å². The topological polar surface area (TPSA) is 59.2 Å². The third kappa shape index (κ3) is 2.10. The molecule has 1 aromatic rings. The van der Waals surface area contributed by atoms with E-state index in [4.69, 9.17) is 5.73 Å². The van der Waals surface area contributed by atoms with Crippen molar-refractivity contribution in [2.45, 2.75) is 32.2 Å². The number of rotatable bonds is 2. The van der Waals surface area contributed by atoms with Gasteiger partial charge >= 0.3 is 0 Å². The molecule has 0 spiro atoms. The molecule has 2 rings (SSSR count). The highest BCUT2D eigenvalue weighted by atomic mass is 32.1. The van der Waals surface area contributed by atoms with E-state index in [1.807, 2.05) is 11.8 Å². The molecule has 1 fully saturated rings. The molecule has 1 amide bonds. The Morgan fingerprint density at radius 2 is 2.50 bits per heavy atom. The van der Waals surface area contributed by atoms with Crippen LogP contribution in [0.25, 0.3) is 0 Å². The van der Waals surface area contributed by atoms with Gasteiger partial charge in [0, 0.05) is 19.1 Å². The molecule has 0 aliphatic carbocycles. The van der Waals surface area contributed by atoms with Gasteiger partial charge in [-0.15, -0.1) is 11.3 Å². The van der Waals surface area contributed by atoms with Gasteiger partial charge in [0.2, 0.25) is 0 Å². The fourth-order valence-corrected chi connectivity index (χ4v) is 2.91. The van der Waals surface area contributed by atoms with Gasteiger partial charge in [0.05, 0.1) is 11.2 Å². The molecule has 0 aromatic carbocycles. The molecule has 2 N–H and O–H groups in total. The summed E-state index contributed by atoms with van der Waals surface area (Å²) in [5.41, 5.74) is 8.27. The number of nitrogens with zero attached hydrogens (tertiary/aromatic N) is 2. The van der Waals surface area contributed by atoms with Crippen LogP contribution in [-0.2, 0) is 0 Å². The van der Waals surface area contributed by atoms with Gasteiger partial charge in [-0.05, 0) is 26.2 Å². The molecule has 0 saturated carbocycles. The van der Waals surface area contributed by atoms with Crippen LogP contribution in [0.1, 0.15) is 34.6 Å². The zero-order chi connectivity index (χ0) is 11.5. The minimum atomic E-state index is 0.107. The van der Waals surface area contributed by atoms with Gasteiger partial charge < -0.3 is 10.6 Å². The second-order valence-corrected chi connectivity index (χ2v) is 5.01. The smallest absolute Gasteiger partial charge is 0.266 e. The second kappa shape index (κ2) is 4.93. The molecule has 1 unspecified atom stereocenters. The number of nitrogens with two attached hydrogens (primary N) is 1. The Morgan fingerprint density at radius 1 is 1.69 bits per heavy atom. The molecule has 1 aromatic heterocycles. The number of carbonyl (C=O) groups is 1. The highest BCUT2D eigenvalue weighted by molar-refractivity contribution is 7.11. The van der Waals surface area contributed by atoms with E-state index >= 15 is 0 Å². The fraction of sp³-hybridized carbons (Fsp3) is 0.636. The summed E-state index contributed by atoms with van der Waals surface area (Å²) in [5, 5.41) is 0. The number of amides is 1. The number of carbonyl (C=O) groups excluding carboxylic acids is 1. The van der Waals surface area contributed by atoms with Gasteiger partial charge in [0.25, 0.3) is 5.91 Å². The van der Waals surface area contributed by atoms with E-state index in [1.165, 1.54) is 17.8 Å². The third-order valence-electron chi connectivity index (χ3n) is 3.10. The van der Waals surface area contributed by atoms with Crippen molar-refractivity contribution in [2.75, 3.05) is 13.1 Å². The minimum absolute atomic E-state index is 0.107. The Balaban J connectivity index is 2.17. The van der Waals surface area contributed by atoms with Crippen LogP contribution in [0.5, 0.6) is 0 Å². The van der Waals surface area contributed by atoms with Crippen molar-refractivity contribution >= 4 is 17.2 Å². The minimum Gasteiger partial charge on any atom is -0.334 e. The number of hydrogen-bond donors (Lipinski definition) is 1. The van der Waals surface area contributed by atoms with Crippen LogP contribution in [0.3, 0.4) is 0 Å². The highest BCUT2D eigenvalue weighted by Gasteiger charge is 2.28. The molecular weight excluding hydrogens is 222 g/mol. The first-order valence-electron chi connectivity index (χ1n) is 5.65. The summed E-state index contributed by atoms with van der Waals surface area (Å²) in [5.74, 6) is 0.107. The summed E-state index contributed by atoms with van der Waals surface area (Å²) >= 11 is 1.42. The van der Waals surface area contributed by atoms with Gasteiger partial charge in [-0.25, -0.2) is 4.98 Å². The Kier molecular flexibility index (Phi) is 3.56. The molecular formula is C11H17N3OS. The fourth-order valence-electron chi connectivity index (χ4n) is 2.15. The van der Waals surface area contributed by atoms with Crippen molar-refractivity contribution in [1.82, 2.24) is 9.88 Å². The van der Waals surface area contributed by atoms with Crippen LogP contribution < -0.4 is 5.73 Å². The quantitative estimate of drug-likeness (QED) is 0.848. The molecule has 1 aliphatic heterocycles. The molecule has 16 heavy (non-hydrogen) atoms. The summed E-state index contributed by atoms with van der Waals surface area (Å²) in [6, 6.07) is 0.211. The van der Waals surface area contributed by atoms with E-state index < -0.39 is 0 Å². The molecule has 0 radical (unpaired) electrons. The maximum Gasteiger partial charge on any atom is 0.266 e. The van der Waals surface area contributed by atoms with E-state index in [1.54, 1.807) is 5.51 Å². The van der Waals surface area contributed by atoms with Crippen LogP contribution in [0.15, 0.2) is 5.51 Å². The first-order chi connectivity index (χ1) is 7.74. The van der Waals surface area contributed by atoms with Gasteiger partial charge in [0.15, 0.2) is 0 Å². The molecule has 1 saturated heterocycles. The van der Waals surface area contributed by atoms with Crippen LogP contribution in [0.2, 0.25) is 0 Å². The Bertz CT molecular complexity index is 377. The SMILES string of the molecule is Cc1ncsc1C(=O)N1CCCCC1CN. The van der Waals surface area contributed by atoms with E-state index in [-0.39, 0.29) is 11.9 Å². The van der Waals surface area contributed by atoms with E-state index in [9.17, 15) is 4.79 Å². The predicted octanol–water partition coefficient (Wildman–Crippen LogP) is 1.40. The number of aromatic nitrogens is 1. The van der Waals surface area contributed by atoms with Gasteiger partial charge in [-0.1, -0.05) is 0 Å². The summed E-state index contributed by atoms with van der Waals surface area (Å²) in [6.07, 6.45) is 3.29. The van der Waals surface area contributed by atoms with Crippen molar-refractivity contribution in [3.8, 4) is 0 Å². The number of likely N-dealkylation sites (tertiary alicyclic amines) is 1. The molecule has 5 heteroatoms. The maximum atomic E-state index is 12.3. The van der Waals surface area contributed by atoms with Crippen molar-refractivity contribution in [3.63, 3.8) is 0 Å². The van der Waals surface area contributed by atoms with E-state index in [0.29, 0.717) is 6.54 Å². The molecule has 1 aliphatic rings. The average Bonchev–Trinajstić information content (AvgIpc) is 2.74.